The largest absolute Gasteiger partial charge is 0.491 e. The lowest BCUT2D eigenvalue weighted by Crippen LogP contribution is -2.55. The molecule has 0 atom stereocenters. The average Bonchev–Trinajstić information content (AvgIpc) is 3.27. The van der Waals surface area contributed by atoms with Gasteiger partial charge < -0.3 is 15.4 Å². The van der Waals surface area contributed by atoms with E-state index in [0.29, 0.717) is 17.5 Å². The van der Waals surface area contributed by atoms with Gasteiger partial charge in [-0.2, -0.15) is 9.78 Å². The summed E-state index contributed by atoms with van der Waals surface area (Å²) in [4.78, 5) is 26.3. The van der Waals surface area contributed by atoms with Gasteiger partial charge in [0.1, 0.15) is 5.69 Å². The third-order valence-corrected chi connectivity index (χ3v) is 6.38. The number of hydrogen-bond acceptors (Lipinski definition) is 6. The summed E-state index contributed by atoms with van der Waals surface area (Å²) in [6.07, 6.45) is 9.32. The lowest BCUT2D eigenvalue weighted by Gasteiger charge is -2.54. The van der Waals surface area contributed by atoms with Gasteiger partial charge in [-0.25, -0.2) is 4.68 Å². The fourth-order valence-electron chi connectivity index (χ4n) is 5.53. The van der Waals surface area contributed by atoms with Gasteiger partial charge >= 0.3 is 5.95 Å². The molecular formula is C17H21N7O3. The van der Waals surface area contributed by atoms with E-state index < -0.39 is 10.9 Å². The zero-order valence-corrected chi connectivity index (χ0v) is 14.8. The van der Waals surface area contributed by atoms with Crippen molar-refractivity contribution in [3.8, 4) is 0 Å². The molecule has 10 nitrogen and oxygen atoms in total. The predicted molar refractivity (Wildman–Crippen MR) is 92.6 cm³/mol. The Kier molecular flexibility index (Phi) is 3.73. The topological polar surface area (TPSA) is 121 Å². The molecule has 2 aromatic heterocycles. The number of carbonyl (C=O) groups is 1. The van der Waals surface area contributed by atoms with E-state index in [0.717, 1.165) is 11.8 Å². The fourth-order valence-corrected chi connectivity index (χ4v) is 5.53. The smallest absolute Gasteiger partial charge is 0.390 e. The van der Waals surface area contributed by atoms with Crippen LogP contribution < -0.4 is 5.32 Å². The van der Waals surface area contributed by atoms with Crippen LogP contribution in [-0.2, 0) is 6.67 Å². The van der Waals surface area contributed by atoms with E-state index in [1.54, 1.807) is 12.3 Å². The third-order valence-electron chi connectivity index (χ3n) is 6.38. The Bertz CT molecular complexity index is 861. The van der Waals surface area contributed by atoms with Gasteiger partial charge in [0.2, 0.25) is 6.33 Å². The van der Waals surface area contributed by atoms with E-state index in [4.69, 9.17) is 0 Å². The van der Waals surface area contributed by atoms with E-state index >= 15 is 0 Å². The molecule has 0 aromatic carbocycles. The van der Waals surface area contributed by atoms with Crippen LogP contribution in [-0.4, -0.2) is 41.4 Å². The molecule has 4 saturated carbocycles. The average molecular weight is 371 g/mol. The highest BCUT2D eigenvalue weighted by Crippen LogP contribution is 2.53. The summed E-state index contributed by atoms with van der Waals surface area (Å²) in [5.74, 6) is 2.36. The minimum atomic E-state index is -0.649. The molecule has 4 bridgehead atoms. The minimum Gasteiger partial charge on any atom is -0.390 e. The zero-order valence-electron chi connectivity index (χ0n) is 14.8. The normalized spacial score (nSPS) is 31.2. The predicted octanol–water partition coefficient (Wildman–Crippen LogP) is 1.44. The van der Waals surface area contributed by atoms with Crippen LogP contribution in [0.3, 0.4) is 0 Å². The first kappa shape index (κ1) is 16.4. The van der Waals surface area contributed by atoms with Crippen molar-refractivity contribution in [2.24, 2.45) is 23.7 Å². The van der Waals surface area contributed by atoms with Gasteiger partial charge in [0, 0.05) is 17.3 Å². The van der Waals surface area contributed by atoms with E-state index in [-0.39, 0.29) is 18.6 Å². The maximum atomic E-state index is 12.7. The second kappa shape index (κ2) is 6.14. The molecule has 4 aliphatic rings. The zero-order chi connectivity index (χ0) is 18.5. The van der Waals surface area contributed by atoms with Crippen molar-refractivity contribution in [3.05, 3.63) is 34.4 Å². The summed E-state index contributed by atoms with van der Waals surface area (Å²) in [6.45, 7) is 0.159. The molecule has 0 aliphatic heterocycles. The van der Waals surface area contributed by atoms with Crippen molar-refractivity contribution in [1.82, 2.24) is 29.9 Å². The summed E-state index contributed by atoms with van der Waals surface area (Å²) < 4.78 is 2.83. The number of nitro groups is 1. The summed E-state index contributed by atoms with van der Waals surface area (Å²) in [6, 6.07) is 1.94. The van der Waals surface area contributed by atoms with Gasteiger partial charge in [0.25, 0.3) is 5.91 Å². The van der Waals surface area contributed by atoms with Crippen LogP contribution in [0, 0.1) is 33.8 Å². The van der Waals surface area contributed by atoms with Crippen LogP contribution in [0.1, 0.15) is 42.6 Å². The monoisotopic (exact) mass is 371 g/mol. The molecule has 2 heterocycles. The molecule has 142 valence electrons. The highest BCUT2D eigenvalue weighted by Gasteiger charge is 2.48. The molecule has 10 heteroatoms. The molecule has 4 fully saturated rings. The number of nitrogens with zero attached hydrogens (tertiary/aromatic N) is 6. The van der Waals surface area contributed by atoms with Crippen molar-refractivity contribution in [2.75, 3.05) is 0 Å². The standard InChI is InChI=1S/C17H21N7O3/c25-16(19-15-12-4-10-3-11(6-12)7-13(15)5-10)14-1-2-22(20-14)9-23-8-18-17(21-23)24(26)27/h1-2,8,10-13,15H,3-7,9H2,(H,19,25). The second-order valence-corrected chi connectivity index (χ2v) is 8.15. The molecule has 2 aromatic rings. The van der Waals surface area contributed by atoms with Gasteiger partial charge in [0.15, 0.2) is 6.67 Å². The maximum Gasteiger partial charge on any atom is 0.491 e. The Labute approximate surface area is 155 Å². The van der Waals surface area contributed by atoms with E-state index in [2.05, 4.69) is 20.5 Å². The highest BCUT2D eigenvalue weighted by molar-refractivity contribution is 5.92. The van der Waals surface area contributed by atoms with Crippen LogP contribution in [0.5, 0.6) is 0 Å². The van der Waals surface area contributed by atoms with Crippen molar-refractivity contribution in [3.63, 3.8) is 0 Å². The molecule has 4 aliphatic carbocycles. The SMILES string of the molecule is O=C(NC1C2CC3CC(C2)CC1C3)c1ccn(Cn2cnc([N+](=O)[O-])n2)n1. The molecule has 27 heavy (non-hydrogen) atoms. The Morgan fingerprint density at radius 2 is 1.85 bits per heavy atom. The Morgan fingerprint density at radius 1 is 1.15 bits per heavy atom. The molecule has 6 rings (SSSR count). The molecule has 0 saturated heterocycles. The molecule has 0 spiro atoms. The molecular weight excluding hydrogens is 350 g/mol. The van der Waals surface area contributed by atoms with Crippen LogP contribution in [0.2, 0.25) is 0 Å². The Balaban J connectivity index is 1.24. The number of hydrogen-bond donors (Lipinski definition) is 1. The van der Waals surface area contributed by atoms with Gasteiger partial charge in [0.05, 0.1) is 0 Å². The van der Waals surface area contributed by atoms with Crippen LogP contribution in [0.25, 0.3) is 0 Å². The van der Waals surface area contributed by atoms with Gasteiger partial charge in [-0.3, -0.25) is 4.79 Å². The summed E-state index contributed by atoms with van der Waals surface area (Å²) in [7, 11) is 0. The molecule has 0 radical (unpaired) electrons. The van der Waals surface area contributed by atoms with Crippen LogP contribution in [0.15, 0.2) is 18.6 Å². The van der Waals surface area contributed by atoms with Gasteiger partial charge in [-0.05, 0) is 66.8 Å². The van der Waals surface area contributed by atoms with Crippen molar-refractivity contribution < 1.29 is 9.72 Å². The Morgan fingerprint density at radius 3 is 2.48 bits per heavy atom. The molecule has 0 unspecified atom stereocenters. The quantitative estimate of drug-likeness (QED) is 0.627. The van der Waals surface area contributed by atoms with E-state index in [1.807, 2.05) is 0 Å². The first-order valence-corrected chi connectivity index (χ1v) is 9.43. The van der Waals surface area contributed by atoms with E-state index in [9.17, 15) is 14.9 Å². The summed E-state index contributed by atoms with van der Waals surface area (Å²) >= 11 is 0. The second-order valence-electron chi connectivity index (χ2n) is 8.15. The van der Waals surface area contributed by atoms with Crippen molar-refractivity contribution in [2.45, 2.75) is 44.8 Å². The molecule has 1 N–H and O–H groups in total. The third kappa shape index (κ3) is 2.98. The Hall–Kier alpha value is -2.78. The number of nitrogens with one attached hydrogen (secondary N) is 1. The van der Waals surface area contributed by atoms with E-state index in [1.165, 1.54) is 47.8 Å². The maximum absolute atomic E-state index is 12.7. The number of carbonyl (C=O) groups excluding carboxylic acids is 1. The minimum absolute atomic E-state index is 0.143. The number of aromatic nitrogens is 5. The fraction of sp³-hybridized carbons (Fsp3) is 0.647. The van der Waals surface area contributed by atoms with Crippen LogP contribution >= 0.6 is 0 Å². The number of rotatable bonds is 5. The molecule has 1 amide bonds. The number of amides is 1. The lowest BCUT2D eigenvalue weighted by atomic mass is 9.54. The van der Waals surface area contributed by atoms with Crippen LogP contribution in [0.4, 0.5) is 5.95 Å². The lowest BCUT2D eigenvalue weighted by molar-refractivity contribution is -0.394. The highest BCUT2D eigenvalue weighted by atomic mass is 16.6. The van der Waals surface area contributed by atoms with Crippen molar-refractivity contribution >= 4 is 11.9 Å². The van der Waals surface area contributed by atoms with Gasteiger partial charge in [-0.15, -0.1) is 0 Å². The summed E-state index contributed by atoms with van der Waals surface area (Å²) in [5, 5.41) is 21.9. The first-order valence-electron chi connectivity index (χ1n) is 9.43. The van der Waals surface area contributed by atoms with Crippen molar-refractivity contribution in [1.29, 1.82) is 0 Å². The first-order chi connectivity index (χ1) is 13.0. The van der Waals surface area contributed by atoms with Gasteiger partial charge in [-0.1, -0.05) is 4.98 Å². The summed E-state index contributed by atoms with van der Waals surface area (Å²) in [5.41, 5.74) is 0.360.